The Morgan fingerprint density at radius 2 is 1.93 bits per heavy atom. The van der Waals surface area contributed by atoms with Gasteiger partial charge in [0.15, 0.2) is 11.4 Å². The fourth-order valence-corrected chi connectivity index (χ4v) is 3.41. The number of likely N-dealkylation sites (tertiary alicyclic amines) is 1. The molecule has 0 unspecified atom stereocenters. The highest BCUT2D eigenvalue weighted by atomic mass is 35.5. The Morgan fingerprint density at radius 1 is 1.28 bits per heavy atom. The van der Waals surface area contributed by atoms with Gasteiger partial charge in [0.25, 0.3) is 5.91 Å². The molecule has 1 aromatic carbocycles. The first-order chi connectivity index (χ1) is 13.7. The molecule has 0 bridgehead atoms. The van der Waals surface area contributed by atoms with Gasteiger partial charge < -0.3 is 19.5 Å². The lowest BCUT2D eigenvalue weighted by atomic mass is 9.94. The molecule has 1 fully saturated rings. The van der Waals surface area contributed by atoms with E-state index in [9.17, 15) is 9.59 Å². The number of piperidine rings is 1. The fourth-order valence-electron chi connectivity index (χ4n) is 3.29. The first-order valence-corrected chi connectivity index (χ1v) is 9.93. The highest BCUT2D eigenvalue weighted by molar-refractivity contribution is 6.30. The summed E-state index contributed by atoms with van der Waals surface area (Å²) in [6, 6.07) is 6.91. The van der Waals surface area contributed by atoms with E-state index in [1.165, 1.54) is 0 Å². The number of carbonyl (C=O) groups is 2. The second-order valence-electron chi connectivity index (χ2n) is 7.59. The third-order valence-corrected chi connectivity index (χ3v) is 5.09. The average Bonchev–Trinajstić information content (AvgIpc) is 3.12. The second-order valence-corrected chi connectivity index (χ2v) is 8.02. The summed E-state index contributed by atoms with van der Waals surface area (Å²) in [5.74, 6) is 1.17. The van der Waals surface area contributed by atoms with Crippen molar-refractivity contribution in [3.8, 4) is 5.75 Å². The lowest BCUT2D eigenvalue weighted by Crippen LogP contribution is -2.52. The van der Waals surface area contributed by atoms with E-state index < -0.39 is 5.60 Å². The second kappa shape index (κ2) is 8.82. The number of hydrogen-bond donors (Lipinski definition) is 1. The zero-order valence-corrected chi connectivity index (χ0v) is 17.5. The summed E-state index contributed by atoms with van der Waals surface area (Å²) in [5, 5.41) is 7.12. The van der Waals surface area contributed by atoms with Gasteiger partial charge in [-0.3, -0.25) is 9.59 Å². The molecular weight excluding hydrogens is 396 g/mol. The van der Waals surface area contributed by atoms with E-state index in [0.29, 0.717) is 48.4 Å². The number of carbonyl (C=O) groups excluding carboxylic acids is 2. The lowest BCUT2D eigenvalue weighted by molar-refractivity contribution is -0.148. The topological polar surface area (TPSA) is 97.6 Å². The number of rotatable bonds is 6. The van der Waals surface area contributed by atoms with E-state index >= 15 is 0 Å². The number of hydrogen-bond acceptors (Lipinski definition) is 6. The molecule has 1 saturated heterocycles. The molecular formula is C20H25ClN4O4. The third-order valence-electron chi connectivity index (χ3n) is 4.84. The Labute approximate surface area is 174 Å². The van der Waals surface area contributed by atoms with E-state index in [4.69, 9.17) is 20.9 Å². The van der Waals surface area contributed by atoms with E-state index in [2.05, 4.69) is 15.5 Å². The highest BCUT2D eigenvalue weighted by Crippen LogP contribution is 2.25. The van der Waals surface area contributed by atoms with Gasteiger partial charge in [-0.1, -0.05) is 16.8 Å². The maximum Gasteiger partial charge on any atom is 0.266 e. The standard InChI is InChI=1S/C20H25ClN4O4/c1-13-23-17(29-24-13)12-22-18(26)14-8-10-25(11-9-14)19(27)20(2,3)28-16-6-4-15(21)5-7-16/h4-7,14H,8-12H2,1-3H3,(H,22,26). The molecule has 2 heterocycles. The Kier molecular flexibility index (Phi) is 6.42. The first kappa shape index (κ1) is 21.1. The van der Waals surface area contributed by atoms with Gasteiger partial charge in [0.2, 0.25) is 11.8 Å². The van der Waals surface area contributed by atoms with Crippen molar-refractivity contribution in [3.05, 3.63) is 41.0 Å². The van der Waals surface area contributed by atoms with Gasteiger partial charge in [-0.2, -0.15) is 4.98 Å². The number of amides is 2. The van der Waals surface area contributed by atoms with Crippen LogP contribution in [0, 0.1) is 12.8 Å². The number of nitrogens with one attached hydrogen (secondary N) is 1. The molecule has 29 heavy (non-hydrogen) atoms. The first-order valence-electron chi connectivity index (χ1n) is 9.55. The maximum atomic E-state index is 12.9. The van der Waals surface area contributed by atoms with Gasteiger partial charge in [-0.05, 0) is 57.9 Å². The normalized spacial score (nSPS) is 15.2. The van der Waals surface area contributed by atoms with E-state index in [-0.39, 0.29) is 24.3 Å². The largest absolute Gasteiger partial charge is 0.478 e. The quantitative estimate of drug-likeness (QED) is 0.771. The minimum atomic E-state index is -1.02. The van der Waals surface area contributed by atoms with Crippen LogP contribution in [0.25, 0.3) is 0 Å². The van der Waals surface area contributed by atoms with Crippen molar-refractivity contribution in [3.63, 3.8) is 0 Å². The predicted octanol–water partition coefficient (Wildman–Crippen LogP) is 2.74. The summed E-state index contributed by atoms with van der Waals surface area (Å²) >= 11 is 5.89. The molecule has 1 aliphatic heterocycles. The molecule has 3 rings (SSSR count). The summed E-state index contributed by atoms with van der Waals surface area (Å²) in [4.78, 5) is 31.1. The third kappa shape index (κ3) is 5.47. The van der Waals surface area contributed by atoms with Gasteiger partial charge in [-0.25, -0.2) is 0 Å². The molecule has 0 radical (unpaired) electrons. The van der Waals surface area contributed by atoms with Crippen LogP contribution in [0.1, 0.15) is 38.4 Å². The molecule has 0 saturated carbocycles. The number of nitrogens with zero attached hydrogens (tertiary/aromatic N) is 3. The van der Waals surface area contributed by atoms with Crippen LogP contribution in [-0.2, 0) is 16.1 Å². The highest BCUT2D eigenvalue weighted by Gasteiger charge is 2.37. The zero-order valence-electron chi connectivity index (χ0n) is 16.8. The summed E-state index contributed by atoms with van der Waals surface area (Å²) in [6.07, 6.45) is 1.19. The van der Waals surface area contributed by atoms with Gasteiger partial charge >= 0.3 is 0 Å². The minimum absolute atomic E-state index is 0.0652. The number of benzene rings is 1. The van der Waals surface area contributed by atoms with Crippen molar-refractivity contribution in [1.82, 2.24) is 20.4 Å². The molecule has 156 valence electrons. The monoisotopic (exact) mass is 420 g/mol. The molecule has 0 atom stereocenters. The van der Waals surface area contributed by atoms with Crippen molar-refractivity contribution >= 4 is 23.4 Å². The van der Waals surface area contributed by atoms with Crippen molar-refractivity contribution in [1.29, 1.82) is 0 Å². The Hall–Kier alpha value is -2.61. The van der Waals surface area contributed by atoms with Crippen LogP contribution in [0.2, 0.25) is 5.02 Å². The Morgan fingerprint density at radius 3 is 2.52 bits per heavy atom. The summed E-state index contributed by atoms with van der Waals surface area (Å²) in [6.45, 7) is 6.43. The van der Waals surface area contributed by atoms with Crippen LogP contribution >= 0.6 is 11.6 Å². The van der Waals surface area contributed by atoms with Crippen LogP contribution in [0.15, 0.2) is 28.8 Å². The van der Waals surface area contributed by atoms with Gasteiger partial charge in [-0.15, -0.1) is 0 Å². The Bertz CT molecular complexity index is 858. The van der Waals surface area contributed by atoms with Crippen LogP contribution < -0.4 is 10.1 Å². The van der Waals surface area contributed by atoms with Crippen molar-refractivity contribution < 1.29 is 18.8 Å². The van der Waals surface area contributed by atoms with Crippen molar-refractivity contribution in [2.24, 2.45) is 5.92 Å². The molecule has 1 aliphatic rings. The average molecular weight is 421 g/mol. The van der Waals surface area contributed by atoms with Crippen LogP contribution in [0.4, 0.5) is 0 Å². The zero-order chi connectivity index (χ0) is 21.0. The molecule has 1 aromatic heterocycles. The molecule has 1 N–H and O–H groups in total. The maximum absolute atomic E-state index is 12.9. The number of aryl methyl sites for hydroxylation is 1. The van der Waals surface area contributed by atoms with Crippen LogP contribution in [0.3, 0.4) is 0 Å². The number of aromatic nitrogens is 2. The summed E-state index contributed by atoms with van der Waals surface area (Å²) in [5.41, 5.74) is -1.02. The lowest BCUT2D eigenvalue weighted by Gasteiger charge is -2.36. The van der Waals surface area contributed by atoms with Gasteiger partial charge in [0.05, 0.1) is 6.54 Å². The molecule has 2 amide bonds. The smallest absolute Gasteiger partial charge is 0.266 e. The fraction of sp³-hybridized carbons (Fsp3) is 0.500. The molecule has 2 aromatic rings. The van der Waals surface area contributed by atoms with Gasteiger partial charge in [0, 0.05) is 24.0 Å². The molecule has 0 aliphatic carbocycles. The van der Waals surface area contributed by atoms with E-state index in [1.54, 1.807) is 49.9 Å². The summed E-state index contributed by atoms with van der Waals surface area (Å²) in [7, 11) is 0. The predicted molar refractivity (Wildman–Crippen MR) is 106 cm³/mol. The molecule has 0 spiro atoms. The number of halogens is 1. The molecule has 9 heteroatoms. The SMILES string of the molecule is Cc1noc(CNC(=O)C2CCN(C(=O)C(C)(C)Oc3ccc(Cl)cc3)CC2)n1. The Balaban J connectivity index is 1.49. The van der Waals surface area contributed by atoms with Crippen molar-refractivity contribution in [2.75, 3.05) is 13.1 Å². The van der Waals surface area contributed by atoms with Crippen molar-refractivity contribution in [2.45, 2.75) is 45.8 Å². The van der Waals surface area contributed by atoms with E-state index in [0.717, 1.165) is 0 Å². The molecule has 8 nitrogen and oxygen atoms in total. The number of ether oxygens (including phenoxy) is 1. The minimum Gasteiger partial charge on any atom is -0.478 e. The van der Waals surface area contributed by atoms with Gasteiger partial charge in [0.1, 0.15) is 5.75 Å². The summed E-state index contributed by atoms with van der Waals surface area (Å²) < 4.78 is 10.9. The van der Waals surface area contributed by atoms with E-state index in [1.807, 2.05) is 0 Å². The van der Waals surface area contributed by atoms with Crippen LogP contribution in [0.5, 0.6) is 5.75 Å². The van der Waals surface area contributed by atoms with Crippen LogP contribution in [-0.4, -0.2) is 45.5 Å².